The zero-order valence-corrected chi connectivity index (χ0v) is 13.4. The molecule has 0 bridgehead atoms. The smallest absolute Gasteiger partial charge is 0.407 e. The molecule has 0 aromatic rings. The van der Waals surface area contributed by atoms with Crippen LogP contribution in [0.15, 0.2) is 0 Å². The Morgan fingerprint density at radius 3 is 2.81 bits per heavy atom. The van der Waals surface area contributed by atoms with E-state index in [-0.39, 0.29) is 12.1 Å². The normalized spacial score (nSPS) is 29.0. The van der Waals surface area contributed by atoms with Crippen molar-refractivity contribution in [1.82, 2.24) is 10.2 Å². The average Bonchev–Trinajstić information content (AvgIpc) is 2.89. The molecule has 2 aliphatic rings. The molecule has 0 spiro atoms. The average molecular weight is 293 g/mol. The van der Waals surface area contributed by atoms with Crippen LogP contribution in [0.4, 0.5) is 4.79 Å². The summed E-state index contributed by atoms with van der Waals surface area (Å²) in [5.41, 5.74) is -0.443. The summed E-state index contributed by atoms with van der Waals surface area (Å²) in [6, 6.07) is 2.44. The minimum absolute atomic E-state index is 0.241. The summed E-state index contributed by atoms with van der Waals surface area (Å²) in [6.45, 7) is 8.81. The van der Waals surface area contributed by atoms with Crippen molar-refractivity contribution in [3.05, 3.63) is 0 Å². The number of nitrogens with zero attached hydrogens (tertiary/aromatic N) is 2. The van der Waals surface area contributed by atoms with E-state index in [9.17, 15) is 4.79 Å². The van der Waals surface area contributed by atoms with E-state index >= 15 is 0 Å². The molecule has 0 aromatic carbocycles. The highest BCUT2D eigenvalue weighted by Gasteiger charge is 2.43. The number of fused-ring (bicyclic) bond motifs is 1. The quantitative estimate of drug-likeness (QED) is 0.809. The van der Waals surface area contributed by atoms with Crippen LogP contribution >= 0.6 is 0 Å². The number of carbonyl (C=O) groups excluding carboxylic acids is 1. The number of rotatable bonds is 4. The van der Waals surface area contributed by atoms with Crippen molar-refractivity contribution in [3.63, 3.8) is 0 Å². The molecule has 1 amide bonds. The van der Waals surface area contributed by atoms with Gasteiger partial charge < -0.3 is 15.0 Å². The maximum Gasteiger partial charge on any atom is 0.407 e. The van der Waals surface area contributed by atoms with Gasteiger partial charge in [0.1, 0.15) is 5.60 Å². The van der Waals surface area contributed by atoms with Gasteiger partial charge in [-0.25, -0.2) is 4.79 Å². The van der Waals surface area contributed by atoms with Gasteiger partial charge in [-0.15, -0.1) is 0 Å². The maximum absolute atomic E-state index is 11.9. The number of unbranched alkanes of at least 4 members (excludes halogenated alkanes) is 1. The van der Waals surface area contributed by atoms with E-state index in [0.29, 0.717) is 18.3 Å². The molecular weight excluding hydrogens is 266 g/mol. The highest BCUT2D eigenvalue weighted by atomic mass is 16.6. The van der Waals surface area contributed by atoms with Crippen LogP contribution in [-0.2, 0) is 4.74 Å². The van der Waals surface area contributed by atoms with E-state index < -0.39 is 5.60 Å². The molecule has 1 aliphatic carbocycles. The number of hydrogen-bond acceptors (Lipinski definition) is 4. The minimum atomic E-state index is -0.443. The van der Waals surface area contributed by atoms with Gasteiger partial charge in [0, 0.05) is 25.6 Å². The second-order valence-electron chi connectivity index (χ2n) is 7.28. The number of carbonyl (C=O) groups is 1. The molecule has 5 nitrogen and oxygen atoms in total. The van der Waals surface area contributed by atoms with Crippen molar-refractivity contribution in [3.8, 4) is 6.07 Å². The van der Waals surface area contributed by atoms with Crippen LogP contribution in [-0.4, -0.2) is 42.3 Å². The summed E-state index contributed by atoms with van der Waals surface area (Å²) in [6.07, 6.45) is 3.52. The number of amides is 1. The molecule has 1 N–H and O–H groups in total. The third-order valence-electron chi connectivity index (χ3n) is 4.40. The van der Waals surface area contributed by atoms with Gasteiger partial charge in [0.2, 0.25) is 0 Å². The number of alkyl carbamates (subject to hydrolysis) is 1. The summed E-state index contributed by atoms with van der Waals surface area (Å²) in [4.78, 5) is 14.4. The van der Waals surface area contributed by atoms with E-state index in [0.717, 1.165) is 32.5 Å². The van der Waals surface area contributed by atoms with Crippen LogP contribution < -0.4 is 5.32 Å². The molecule has 0 radical (unpaired) electrons. The topological polar surface area (TPSA) is 65.4 Å². The van der Waals surface area contributed by atoms with Gasteiger partial charge in [-0.3, -0.25) is 0 Å². The monoisotopic (exact) mass is 293 g/mol. The highest BCUT2D eigenvalue weighted by Crippen LogP contribution is 2.38. The van der Waals surface area contributed by atoms with Crippen molar-refractivity contribution in [2.45, 2.75) is 58.1 Å². The third-order valence-corrected chi connectivity index (χ3v) is 4.40. The van der Waals surface area contributed by atoms with Crippen LogP contribution in [0.5, 0.6) is 0 Å². The molecule has 21 heavy (non-hydrogen) atoms. The van der Waals surface area contributed by atoms with Crippen molar-refractivity contribution in [2.24, 2.45) is 11.8 Å². The molecule has 1 saturated heterocycles. The predicted molar refractivity (Wildman–Crippen MR) is 80.7 cm³/mol. The summed E-state index contributed by atoms with van der Waals surface area (Å²) in [5, 5.41) is 11.7. The van der Waals surface area contributed by atoms with Gasteiger partial charge in [0.15, 0.2) is 0 Å². The Bertz CT molecular complexity index is 411. The minimum Gasteiger partial charge on any atom is -0.444 e. The first kappa shape index (κ1) is 16.1. The second-order valence-corrected chi connectivity index (χ2v) is 7.28. The van der Waals surface area contributed by atoms with Gasteiger partial charge >= 0.3 is 6.09 Å². The van der Waals surface area contributed by atoms with Crippen molar-refractivity contribution >= 4 is 6.09 Å². The lowest BCUT2D eigenvalue weighted by Gasteiger charge is -2.25. The van der Waals surface area contributed by atoms with E-state index in [1.54, 1.807) is 0 Å². The molecule has 1 aliphatic heterocycles. The fourth-order valence-corrected chi connectivity index (χ4v) is 3.56. The molecule has 0 aromatic heterocycles. The molecule has 0 unspecified atom stereocenters. The van der Waals surface area contributed by atoms with E-state index in [1.165, 1.54) is 6.42 Å². The van der Waals surface area contributed by atoms with Gasteiger partial charge in [0.25, 0.3) is 0 Å². The molecule has 3 atom stereocenters. The van der Waals surface area contributed by atoms with E-state index in [4.69, 9.17) is 10.00 Å². The van der Waals surface area contributed by atoms with Crippen LogP contribution in [0, 0.1) is 23.2 Å². The second kappa shape index (κ2) is 6.65. The Morgan fingerprint density at radius 1 is 1.38 bits per heavy atom. The fraction of sp³-hybridized carbons (Fsp3) is 0.875. The first-order chi connectivity index (χ1) is 9.89. The Balaban J connectivity index is 1.79. The van der Waals surface area contributed by atoms with Gasteiger partial charge in [0.05, 0.1) is 6.07 Å². The Morgan fingerprint density at radius 2 is 2.14 bits per heavy atom. The molecule has 2 rings (SSSR count). The zero-order chi connectivity index (χ0) is 15.5. The Labute approximate surface area is 127 Å². The largest absolute Gasteiger partial charge is 0.444 e. The van der Waals surface area contributed by atoms with Crippen molar-refractivity contribution in [1.29, 1.82) is 5.26 Å². The van der Waals surface area contributed by atoms with Crippen LogP contribution in [0.2, 0.25) is 0 Å². The number of hydrogen-bond donors (Lipinski definition) is 1. The molecular formula is C16H27N3O2. The van der Waals surface area contributed by atoms with Gasteiger partial charge in [-0.05, 0) is 58.4 Å². The lowest BCUT2D eigenvalue weighted by molar-refractivity contribution is 0.0491. The van der Waals surface area contributed by atoms with Gasteiger partial charge in [-0.2, -0.15) is 5.26 Å². The molecule has 118 valence electrons. The molecule has 2 fully saturated rings. The first-order valence-electron chi connectivity index (χ1n) is 7.98. The number of ether oxygens (including phenoxy) is 1. The number of likely N-dealkylation sites (tertiary alicyclic amines) is 1. The highest BCUT2D eigenvalue weighted by molar-refractivity contribution is 5.68. The maximum atomic E-state index is 11.9. The van der Waals surface area contributed by atoms with Crippen molar-refractivity contribution < 1.29 is 9.53 Å². The molecule has 1 saturated carbocycles. The lowest BCUT2D eigenvalue weighted by atomic mass is 9.98. The van der Waals surface area contributed by atoms with Crippen LogP contribution in [0.1, 0.15) is 46.5 Å². The molecule has 5 heteroatoms. The predicted octanol–water partition coefficient (Wildman–Crippen LogP) is 2.53. The third kappa shape index (κ3) is 4.60. The summed E-state index contributed by atoms with van der Waals surface area (Å²) in [5.74, 6) is 1.23. The molecule has 1 heterocycles. The lowest BCUT2D eigenvalue weighted by Crippen LogP contribution is -2.42. The van der Waals surface area contributed by atoms with Gasteiger partial charge in [-0.1, -0.05) is 0 Å². The van der Waals surface area contributed by atoms with Crippen molar-refractivity contribution in [2.75, 3.05) is 19.6 Å². The SMILES string of the molecule is CC(C)(C)OC(=O)N[C@@H]1CC[C@@H]2CN(CCCC#N)C[C@H]21. The summed E-state index contributed by atoms with van der Waals surface area (Å²) >= 11 is 0. The zero-order valence-electron chi connectivity index (χ0n) is 13.4. The first-order valence-corrected chi connectivity index (χ1v) is 7.98. The summed E-state index contributed by atoms with van der Waals surface area (Å²) in [7, 11) is 0. The summed E-state index contributed by atoms with van der Waals surface area (Å²) < 4.78 is 5.35. The number of nitriles is 1. The van der Waals surface area contributed by atoms with E-state index in [1.807, 2.05) is 20.8 Å². The Kier molecular flexibility index (Phi) is 5.10. The van der Waals surface area contributed by atoms with E-state index in [2.05, 4.69) is 16.3 Å². The standard InChI is InChI=1S/C16H27N3O2/c1-16(2,3)21-15(20)18-14-7-6-12-10-19(11-13(12)14)9-5-4-8-17/h12-14H,4-7,9-11H2,1-3H3,(H,18,20)/t12-,13-,14-/m1/s1. The van der Waals surface area contributed by atoms with Crippen LogP contribution in [0.3, 0.4) is 0 Å². The number of nitrogens with one attached hydrogen (secondary N) is 1. The Hall–Kier alpha value is -1.28. The van der Waals surface area contributed by atoms with Crippen LogP contribution in [0.25, 0.3) is 0 Å². The fourth-order valence-electron chi connectivity index (χ4n) is 3.56.